The van der Waals surface area contributed by atoms with Crippen LogP contribution in [-0.4, -0.2) is 30.5 Å². The van der Waals surface area contributed by atoms with E-state index in [9.17, 15) is 9.18 Å². The molecule has 34 heavy (non-hydrogen) atoms. The van der Waals surface area contributed by atoms with Crippen LogP contribution in [0.5, 0.6) is 0 Å². The predicted molar refractivity (Wildman–Crippen MR) is 129 cm³/mol. The summed E-state index contributed by atoms with van der Waals surface area (Å²) in [6.45, 7) is 4.18. The van der Waals surface area contributed by atoms with Crippen molar-refractivity contribution in [3.63, 3.8) is 0 Å². The Morgan fingerprint density at radius 2 is 1.85 bits per heavy atom. The molecular weight excluding hydrogens is 431 g/mol. The number of fused-ring (bicyclic) bond motifs is 1. The van der Waals surface area contributed by atoms with Gasteiger partial charge in [-0.2, -0.15) is 10.2 Å². The average Bonchev–Trinajstić information content (AvgIpc) is 3.36. The van der Waals surface area contributed by atoms with E-state index in [-0.39, 0.29) is 18.3 Å². The SMILES string of the molecule is Cc1nn(C)c(C)c1-c1cc(C(=O)Nc2cnn(Cc3ccccc3F)c2)c2ccccc2n1. The number of halogens is 1. The van der Waals surface area contributed by atoms with Crippen molar-refractivity contribution in [1.82, 2.24) is 24.5 Å². The Kier molecular flexibility index (Phi) is 5.41. The molecule has 0 aliphatic rings. The number of benzene rings is 2. The molecular formula is C26H23FN6O. The smallest absolute Gasteiger partial charge is 0.256 e. The van der Waals surface area contributed by atoms with Crippen LogP contribution in [0.2, 0.25) is 0 Å². The first-order valence-electron chi connectivity index (χ1n) is 10.9. The Morgan fingerprint density at radius 3 is 2.62 bits per heavy atom. The summed E-state index contributed by atoms with van der Waals surface area (Å²) in [5, 5.41) is 12.4. The van der Waals surface area contributed by atoms with Gasteiger partial charge in [-0.3, -0.25) is 14.2 Å². The number of nitrogens with zero attached hydrogens (tertiary/aromatic N) is 5. The van der Waals surface area contributed by atoms with Crippen LogP contribution in [-0.2, 0) is 13.6 Å². The van der Waals surface area contributed by atoms with Gasteiger partial charge in [-0.15, -0.1) is 0 Å². The summed E-state index contributed by atoms with van der Waals surface area (Å²) in [4.78, 5) is 18.2. The van der Waals surface area contributed by atoms with Crippen LogP contribution in [0.1, 0.15) is 27.3 Å². The predicted octanol–water partition coefficient (Wildman–Crippen LogP) is 4.89. The summed E-state index contributed by atoms with van der Waals surface area (Å²) >= 11 is 0. The molecule has 5 aromatic rings. The number of hydrogen-bond donors (Lipinski definition) is 1. The van der Waals surface area contributed by atoms with Crippen molar-refractivity contribution in [2.75, 3.05) is 5.32 Å². The molecule has 0 unspecified atom stereocenters. The standard InChI is InChI=1S/C26H23FN6O/c1-16-25(17(2)32(3)31-16)24-12-21(20-9-5-7-11-23(20)30-24)26(34)29-19-13-28-33(15-19)14-18-8-4-6-10-22(18)27/h4-13,15H,14H2,1-3H3,(H,29,34). The fraction of sp³-hybridized carbons (Fsp3) is 0.154. The molecule has 0 bridgehead atoms. The highest BCUT2D eigenvalue weighted by atomic mass is 19.1. The fourth-order valence-electron chi connectivity index (χ4n) is 4.15. The van der Waals surface area contributed by atoms with Gasteiger partial charge in [0.15, 0.2) is 0 Å². The maximum absolute atomic E-state index is 14.0. The number of rotatable bonds is 5. The monoisotopic (exact) mass is 454 g/mol. The number of carbonyl (C=O) groups excluding carboxylic acids is 1. The number of hydrogen-bond acceptors (Lipinski definition) is 4. The Morgan fingerprint density at radius 1 is 1.09 bits per heavy atom. The van der Waals surface area contributed by atoms with Crippen molar-refractivity contribution in [3.05, 3.63) is 95.3 Å². The van der Waals surface area contributed by atoms with Gasteiger partial charge in [-0.1, -0.05) is 36.4 Å². The molecule has 0 fully saturated rings. The van der Waals surface area contributed by atoms with Crippen molar-refractivity contribution in [3.8, 4) is 11.3 Å². The van der Waals surface area contributed by atoms with E-state index in [4.69, 9.17) is 4.98 Å². The maximum Gasteiger partial charge on any atom is 0.256 e. The molecule has 0 aliphatic carbocycles. The van der Waals surface area contributed by atoms with Gasteiger partial charge in [-0.25, -0.2) is 9.37 Å². The molecule has 0 spiro atoms. The first kappa shape index (κ1) is 21.5. The number of nitrogens with one attached hydrogen (secondary N) is 1. The van der Waals surface area contributed by atoms with Gasteiger partial charge >= 0.3 is 0 Å². The molecule has 0 saturated carbocycles. The molecule has 8 heteroatoms. The largest absolute Gasteiger partial charge is 0.319 e. The van der Waals surface area contributed by atoms with Crippen LogP contribution in [0, 0.1) is 19.7 Å². The minimum absolute atomic E-state index is 0.268. The third-order valence-electron chi connectivity index (χ3n) is 5.91. The number of aryl methyl sites for hydroxylation is 2. The lowest BCUT2D eigenvalue weighted by atomic mass is 10.0. The Bertz CT molecular complexity index is 1530. The van der Waals surface area contributed by atoms with Gasteiger partial charge in [0.2, 0.25) is 0 Å². The summed E-state index contributed by atoms with van der Waals surface area (Å²) < 4.78 is 17.4. The van der Waals surface area contributed by atoms with Gasteiger partial charge in [0.1, 0.15) is 5.82 Å². The maximum atomic E-state index is 14.0. The lowest BCUT2D eigenvalue weighted by Crippen LogP contribution is -2.13. The number of anilines is 1. The topological polar surface area (TPSA) is 77.6 Å². The van der Waals surface area contributed by atoms with Crippen LogP contribution < -0.4 is 5.32 Å². The number of aromatic nitrogens is 5. The molecule has 0 aliphatic heterocycles. The molecule has 170 valence electrons. The minimum Gasteiger partial charge on any atom is -0.319 e. The van der Waals surface area contributed by atoms with Gasteiger partial charge in [0, 0.05) is 35.5 Å². The average molecular weight is 455 g/mol. The molecule has 5 rings (SSSR count). The van der Waals surface area contributed by atoms with Crippen molar-refractivity contribution >= 4 is 22.5 Å². The van der Waals surface area contributed by atoms with E-state index < -0.39 is 0 Å². The summed E-state index contributed by atoms with van der Waals surface area (Å²) in [5.41, 5.74) is 5.72. The number of pyridine rings is 1. The van der Waals surface area contributed by atoms with Crippen molar-refractivity contribution in [2.24, 2.45) is 7.05 Å². The second-order valence-corrected chi connectivity index (χ2v) is 8.21. The normalized spacial score (nSPS) is 11.2. The zero-order chi connectivity index (χ0) is 23.8. The zero-order valence-corrected chi connectivity index (χ0v) is 19.1. The number of carbonyl (C=O) groups is 1. The molecule has 0 atom stereocenters. The molecule has 2 aromatic carbocycles. The van der Waals surface area contributed by atoms with Crippen LogP contribution in [0.25, 0.3) is 22.2 Å². The summed E-state index contributed by atoms with van der Waals surface area (Å²) in [6, 6.07) is 15.9. The van der Waals surface area contributed by atoms with Gasteiger partial charge in [-0.05, 0) is 32.0 Å². The molecule has 3 aromatic heterocycles. The van der Waals surface area contributed by atoms with Crippen molar-refractivity contribution in [2.45, 2.75) is 20.4 Å². The highest BCUT2D eigenvalue weighted by molar-refractivity contribution is 6.13. The van der Waals surface area contributed by atoms with Crippen molar-refractivity contribution in [1.29, 1.82) is 0 Å². The second kappa shape index (κ2) is 8.55. The lowest BCUT2D eigenvalue weighted by Gasteiger charge is -2.10. The van der Waals surface area contributed by atoms with E-state index in [0.717, 1.165) is 27.9 Å². The van der Waals surface area contributed by atoms with Crippen molar-refractivity contribution < 1.29 is 9.18 Å². The zero-order valence-electron chi connectivity index (χ0n) is 19.1. The Balaban J connectivity index is 1.48. The van der Waals surface area contributed by atoms with E-state index in [1.165, 1.54) is 6.07 Å². The third kappa shape index (κ3) is 3.94. The quantitative estimate of drug-likeness (QED) is 0.410. The highest BCUT2D eigenvalue weighted by Gasteiger charge is 2.19. The number of amides is 1. The second-order valence-electron chi connectivity index (χ2n) is 8.21. The van der Waals surface area contributed by atoms with E-state index >= 15 is 0 Å². The first-order valence-corrected chi connectivity index (χ1v) is 10.9. The van der Waals surface area contributed by atoms with E-state index in [0.29, 0.717) is 22.5 Å². The minimum atomic E-state index is -0.291. The molecule has 1 amide bonds. The van der Waals surface area contributed by atoms with E-state index in [1.54, 1.807) is 41.3 Å². The lowest BCUT2D eigenvalue weighted by molar-refractivity contribution is 0.102. The van der Waals surface area contributed by atoms with E-state index in [2.05, 4.69) is 15.5 Å². The first-order chi connectivity index (χ1) is 16.4. The Hall–Kier alpha value is -4.33. The fourth-order valence-corrected chi connectivity index (χ4v) is 4.15. The van der Waals surface area contributed by atoms with Gasteiger partial charge in [0.25, 0.3) is 5.91 Å². The summed E-state index contributed by atoms with van der Waals surface area (Å²) in [6.07, 6.45) is 3.24. The van der Waals surface area contributed by atoms with Crippen LogP contribution >= 0.6 is 0 Å². The molecule has 0 saturated heterocycles. The van der Waals surface area contributed by atoms with E-state index in [1.807, 2.05) is 49.8 Å². The van der Waals surface area contributed by atoms with Crippen LogP contribution in [0.15, 0.2) is 67.0 Å². The third-order valence-corrected chi connectivity index (χ3v) is 5.91. The van der Waals surface area contributed by atoms with Gasteiger partial charge < -0.3 is 5.32 Å². The van der Waals surface area contributed by atoms with Crippen LogP contribution in [0.4, 0.5) is 10.1 Å². The molecule has 3 heterocycles. The Labute approximate surface area is 195 Å². The molecule has 1 N–H and O–H groups in total. The summed E-state index contributed by atoms with van der Waals surface area (Å²) in [5.74, 6) is -0.565. The van der Waals surface area contributed by atoms with Crippen LogP contribution in [0.3, 0.4) is 0 Å². The number of para-hydroxylation sites is 1. The van der Waals surface area contributed by atoms with Gasteiger partial charge in [0.05, 0.1) is 40.9 Å². The molecule has 7 nitrogen and oxygen atoms in total. The molecule has 0 radical (unpaired) electrons. The summed E-state index contributed by atoms with van der Waals surface area (Å²) in [7, 11) is 1.89. The highest BCUT2D eigenvalue weighted by Crippen LogP contribution is 2.29.